The van der Waals surface area contributed by atoms with Crippen LogP contribution in [-0.2, 0) is 11.2 Å². The zero-order chi connectivity index (χ0) is 15.2. The number of nitrogens with zero attached hydrogens (tertiary/aromatic N) is 3. The van der Waals surface area contributed by atoms with Crippen LogP contribution in [0.2, 0.25) is 0 Å². The average molecular weight is 289 g/mol. The molecule has 0 spiro atoms. The average Bonchev–Trinajstić information content (AvgIpc) is 2.53. The molecule has 0 bridgehead atoms. The van der Waals surface area contributed by atoms with Crippen molar-refractivity contribution in [2.24, 2.45) is 0 Å². The third-order valence-corrected chi connectivity index (χ3v) is 3.76. The van der Waals surface area contributed by atoms with Gasteiger partial charge in [-0.1, -0.05) is 30.3 Å². The molecule has 114 valence electrons. The van der Waals surface area contributed by atoms with Crippen LogP contribution >= 0.6 is 0 Å². The van der Waals surface area contributed by atoms with Crippen LogP contribution in [0, 0.1) is 0 Å². The molecule has 1 fully saturated rings. The van der Waals surface area contributed by atoms with Crippen molar-refractivity contribution in [1.29, 1.82) is 0 Å². The second-order valence-corrected chi connectivity index (χ2v) is 5.53. The highest BCUT2D eigenvalue weighted by molar-refractivity contribution is 5.77. The Kier molecular flexibility index (Phi) is 5.20. The number of amides is 3. The molecule has 1 heterocycles. The Morgan fingerprint density at radius 3 is 2.14 bits per heavy atom. The molecule has 1 aliphatic rings. The van der Waals surface area contributed by atoms with Gasteiger partial charge in [-0.3, -0.25) is 4.79 Å². The van der Waals surface area contributed by atoms with Crippen LogP contribution in [0.5, 0.6) is 0 Å². The first kappa shape index (κ1) is 15.4. The van der Waals surface area contributed by atoms with Gasteiger partial charge >= 0.3 is 6.03 Å². The number of benzene rings is 1. The fraction of sp³-hybridized carbons (Fsp3) is 0.500. The molecule has 0 saturated carbocycles. The minimum atomic E-state index is 0.0198. The van der Waals surface area contributed by atoms with E-state index in [9.17, 15) is 9.59 Å². The molecule has 1 saturated heterocycles. The second kappa shape index (κ2) is 7.11. The van der Waals surface area contributed by atoms with Gasteiger partial charge < -0.3 is 14.7 Å². The van der Waals surface area contributed by atoms with E-state index in [1.165, 1.54) is 5.56 Å². The summed E-state index contributed by atoms with van der Waals surface area (Å²) in [6.45, 7) is 2.50. The number of hydrogen-bond acceptors (Lipinski definition) is 2. The molecule has 1 aromatic carbocycles. The Labute approximate surface area is 126 Å². The summed E-state index contributed by atoms with van der Waals surface area (Å²) in [7, 11) is 3.50. The summed E-state index contributed by atoms with van der Waals surface area (Å²) in [6, 6.07) is 10.1. The molecular formula is C16H23N3O2. The second-order valence-electron chi connectivity index (χ2n) is 5.53. The van der Waals surface area contributed by atoms with Gasteiger partial charge in [-0.05, 0) is 12.0 Å². The number of carbonyl (C=O) groups is 2. The van der Waals surface area contributed by atoms with Crippen molar-refractivity contribution in [3.63, 3.8) is 0 Å². The summed E-state index contributed by atoms with van der Waals surface area (Å²) in [5.74, 6) is 0.177. The normalized spacial score (nSPS) is 15.0. The van der Waals surface area contributed by atoms with E-state index >= 15 is 0 Å². The van der Waals surface area contributed by atoms with Crippen LogP contribution in [0.1, 0.15) is 12.0 Å². The zero-order valence-electron chi connectivity index (χ0n) is 12.8. The van der Waals surface area contributed by atoms with E-state index in [0.717, 1.165) is 6.42 Å². The Morgan fingerprint density at radius 2 is 1.57 bits per heavy atom. The third kappa shape index (κ3) is 4.21. The maximum atomic E-state index is 12.2. The van der Waals surface area contributed by atoms with Crippen molar-refractivity contribution < 1.29 is 9.59 Å². The van der Waals surface area contributed by atoms with Crippen molar-refractivity contribution >= 4 is 11.9 Å². The lowest BCUT2D eigenvalue weighted by Crippen LogP contribution is -2.52. The van der Waals surface area contributed by atoms with E-state index in [-0.39, 0.29) is 11.9 Å². The minimum Gasteiger partial charge on any atom is -0.339 e. The largest absolute Gasteiger partial charge is 0.339 e. The molecule has 3 amide bonds. The van der Waals surface area contributed by atoms with Crippen LogP contribution in [0.4, 0.5) is 4.79 Å². The van der Waals surface area contributed by atoms with Gasteiger partial charge in [-0.15, -0.1) is 0 Å². The van der Waals surface area contributed by atoms with Gasteiger partial charge in [0.25, 0.3) is 0 Å². The first-order valence-electron chi connectivity index (χ1n) is 7.36. The van der Waals surface area contributed by atoms with Crippen molar-refractivity contribution in [1.82, 2.24) is 14.7 Å². The molecule has 5 nitrogen and oxygen atoms in total. The molecule has 0 aliphatic carbocycles. The summed E-state index contributed by atoms with van der Waals surface area (Å²) in [4.78, 5) is 29.3. The van der Waals surface area contributed by atoms with Crippen molar-refractivity contribution in [3.8, 4) is 0 Å². The Bertz CT molecular complexity index is 480. The maximum absolute atomic E-state index is 12.2. The number of aryl methyl sites for hydroxylation is 1. The predicted octanol–water partition coefficient (Wildman–Crippen LogP) is 1.44. The molecule has 21 heavy (non-hydrogen) atoms. The Hall–Kier alpha value is -2.04. The van der Waals surface area contributed by atoms with Gasteiger partial charge in [0.2, 0.25) is 5.91 Å². The Balaban J connectivity index is 1.77. The number of piperazine rings is 1. The van der Waals surface area contributed by atoms with Gasteiger partial charge in [0.05, 0.1) is 0 Å². The van der Waals surface area contributed by atoms with Crippen LogP contribution in [-0.4, -0.2) is 66.9 Å². The van der Waals surface area contributed by atoms with Crippen LogP contribution in [0.15, 0.2) is 30.3 Å². The highest BCUT2D eigenvalue weighted by Crippen LogP contribution is 2.08. The van der Waals surface area contributed by atoms with Crippen molar-refractivity contribution in [2.75, 3.05) is 40.3 Å². The van der Waals surface area contributed by atoms with E-state index in [1.54, 1.807) is 23.9 Å². The van der Waals surface area contributed by atoms with Gasteiger partial charge in [0.15, 0.2) is 0 Å². The van der Waals surface area contributed by atoms with Gasteiger partial charge in [0, 0.05) is 46.7 Å². The van der Waals surface area contributed by atoms with E-state index in [1.807, 2.05) is 35.2 Å². The molecule has 2 rings (SSSR count). The first-order valence-corrected chi connectivity index (χ1v) is 7.36. The number of rotatable bonds is 3. The van der Waals surface area contributed by atoms with E-state index in [4.69, 9.17) is 0 Å². The Morgan fingerprint density at radius 1 is 1.00 bits per heavy atom. The van der Waals surface area contributed by atoms with E-state index < -0.39 is 0 Å². The summed E-state index contributed by atoms with van der Waals surface area (Å²) < 4.78 is 0. The molecule has 1 aliphatic heterocycles. The first-order chi connectivity index (χ1) is 10.1. The maximum Gasteiger partial charge on any atom is 0.319 e. The third-order valence-electron chi connectivity index (χ3n) is 3.76. The summed E-state index contributed by atoms with van der Waals surface area (Å²) in [5.41, 5.74) is 1.19. The van der Waals surface area contributed by atoms with Crippen LogP contribution < -0.4 is 0 Å². The highest BCUT2D eigenvalue weighted by Gasteiger charge is 2.24. The van der Waals surface area contributed by atoms with Crippen molar-refractivity contribution in [2.45, 2.75) is 12.8 Å². The smallest absolute Gasteiger partial charge is 0.319 e. The minimum absolute atomic E-state index is 0.0198. The summed E-state index contributed by atoms with van der Waals surface area (Å²) in [5, 5.41) is 0. The number of urea groups is 1. The van der Waals surface area contributed by atoms with Gasteiger partial charge in [-0.2, -0.15) is 0 Å². The molecule has 0 aromatic heterocycles. The lowest BCUT2D eigenvalue weighted by atomic mass is 10.1. The summed E-state index contributed by atoms with van der Waals surface area (Å²) >= 11 is 0. The lowest BCUT2D eigenvalue weighted by Gasteiger charge is -2.36. The molecule has 0 atom stereocenters. The van der Waals surface area contributed by atoms with Gasteiger partial charge in [0.1, 0.15) is 0 Å². The topological polar surface area (TPSA) is 43.9 Å². The molecular weight excluding hydrogens is 266 g/mol. The van der Waals surface area contributed by atoms with Gasteiger partial charge in [-0.25, -0.2) is 4.79 Å². The molecule has 1 aromatic rings. The number of hydrogen-bond donors (Lipinski definition) is 0. The number of carbonyl (C=O) groups excluding carboxylic acids is 2. The van der Waals surface area contributed by atoms with E-state index in [0.29, 0.717) is 32.6 Å². The zero-order valence-corrected chi connectivity index (χ0v) is 12.8. The molecule has 0 unspecified atom stereocenters. The highest BCUT2D eigenvalue weighted by atomic mass is 16.2. The van der Waals surface area contributed by atoms with Crippen LogP contribution in [0.25, 0.3) is 0 Å². The molecule has 5 heteroatoms. The fourth-order valence-corrected chi connectivity index (χ4v) is 2.48. The van der Waals surface area contributed by atoms with E-state index in [2.05, 4.69) is 0 Å². The SMILES string of the molecule is CN(C)C(=O)N1CCN(C(=O)CCc2ccccc2)CC1. The lowest BCUT2D eigenvalue weighted by molar-refractivity contribution is -0.132. The molecule has 0 radical (unpaired) electrons. The summed E-state index contributed by atoms with van der Waals surface area (Å²) in [6.07, 6.45) is 1.31. The standard InChI is InChI=1S/C16H23N3O2/c1-17(2)16(21)19-12-10-18(11-13-19)15(20)9-8-14-6-4-3-5-7-14/h3-7H,8-13H2,1-2H3. The van der Waals surface area contributed by atoms with Crippen molar-refractivity contribution in [3.05, 3.63) is 35.9 Å². The monoisotopic (exact) mass is 289 g/mol. The fourth-order valence-electron chi connectivity index (χ4n) is 2.48. The quantitative estimate of drug-likeness (QED) is 0.845. The predicted molar refractivity (Wildman–Crippen MR) is 82.0 cm³/mol. The van der Waals surface area contributed by atoms with Crippen LogP contribution in [0.3, 0.4) is 0 Å². The molecule has 0 N–H and O–H groups in total.